The molecule has 6 heteroatoms. The van der Waals surface area contributed by atoms with Crippen molar-refractivity contribution in [2.45, 2.75) is 368 Å². The molecule has 1 unspecified atom stereocenters. The normalized spacial score (nSPS) is 12.3. The Kier molecular flexibility index (Phi) is 56.0. The highest BCUT2D eigenvalue weighted by atomic mass is 16.6. The molecule has 69 heavy (non-hydrogen) atoms. The highest BCUT2D eigenvalue weighted by Crippen LogP contribution is 2.19. The van der Waals surface area contributed by atoms with Crippen LogP contribution in [0.1, 0.15) is 362 Å². The third-order valence-electron chi connectivity index (χ3n) is 14.9. The van der Waals surface area contributed by atoms with Crippen molar-refractivity contribution in [1.29, 1.82) is 0 Å². The Hall–Kier alpha value is -1.59. The van der Waals surface area contributed by atoms with E-state index in [1.807, 2.05) is 0 Å². The summed E-state index contributed by atoms with van der Waals surface area (Å²) in [5, 5.41) is 0. The van der Waals surface area contributed by atoms with Crippen molar-refractivity contribution in [3.63, 3.8) is 0 Å². The summed E-state index contributed by atoms with van der Waals surface area (Å²) < 4.78 is 17.0. The number of hydrogen-bond acceptors (Lipinski definition) is 6. The van der Waals surface area contributed by atoms with Crippen LogP contribution in [-0.4, -0.2) is 37.2 Å². The van der Waals surface area contributed by atoms with Crippen molar-refractivity contribution in [2.24, 2.45) is 5.92 Å². The van der Waals surface area contributed by atoms with Crippen molar-refractivity contribution in [3.05, 3.63) is 0 Å². The SMILES string of the molecule is CCCCCCCCCCCCCCCCCCCC(=O)OC[C@@H](COC(=O)CCCCCCCCCCCCCCCCCC)OC(=O)CCCCCCCCCCCCCCCCC(C)CC. The Balaban J connectivity index is 4.29. The Morgan fingerprint density at radius 3 is 0.754 bits per heavy atom. The summed E-state index contributed by atoms with van der Waals surface area (Å²) in [6.45, 7) is 9.12. The molecule has 0 saturated heterocycles. The first kappa shape index (κ1) is 67.4. The van der Waals surface area contributed by atoms with Gasteiger partial charge in [0.05, 0.1) is 0 Å². The van der Waals surface area contributed by atoms with Crippen molar-refractivity contribution < 1.29 is 28.6 Å². The molecule has 0 spiro atoms. The second-order valence-corrected chi connectivity index (χ2v) is 21.9. The third kappa shape index (κ3) is 55.6. The maximum absolute atomic E-state index is 12.9. The summed E-state index contributed by atoms with van der Waals surface area (Å²) in [5.41, 5.74) is 0. The molecular formula is C63H122O6. The number of ether oxygens (including phenoxy) is 3. The van der Waals surface area contributed by atoms with Crippen molar-refractivity contribution >= 4 is 17.9 Å². The van der Waals surface area contributed by atoms with Gasteiger partial charge in [0, 0.05) is 19.3 Å². The van der Waals surface area contributed by atoms with Crippen molar-refractivity contribution in [3.8, 4) is 0 Å². The van der Waals surface area contributed by atoms with Crippen LogP contribution >= 0.6 is 0 Å². The molecule has 0 saturated carbocycles. The van der Waals surface area contributed by atoms with Gasteiger partial charge in [0.1, 0.15) is 13.2 Å². The molecule has 0 rings (SSSR count). The van der Waals surface area contributed by atoms with Gasteiger partial charge in [-0.05, 0) is 25.2 Å². The number of carbonyl (C=O) groups excluding carboxylic acids is 3. The van der Waals surface area contributed by atoms with Crippen LogP contribution in [0.15, 0.2) is 0 Å². The molecule has 0 aliphatic rings. The number of rotatable bonds is 58. The molecule has 0 aromatic heterocycles. The quantitative estimate of drug-likeness (QED) is 0.0343. The largest absolute Gasteiger partial charge is 0.462 e. The van der Waals surface area contributed by atoms with Crippen molar-refractivity contribution in [1.82, 2.24) is 0 Å². The number of unbranched alkanes of at least 4 members (excludes halogenated alkanes) is 44. The maximum atomic E-state index is 12.9. The zero-order valence-corrected chi connectivity index (χ0v) is 47.3. The molecule has 2 atom stereocenters. The summed E-state index contributed by atoms with van der Waals surface area (Å²) in [6.07, 6.45) is 63.8. The third-order valence-corrected chi connectivity index (χ3v) is 14.9. The van der Waals surface area contributed by atoms with Gasteiger partial charge in [0.15, 0.2) is 6.10 Å². The molecule has 0 aliphatic carbocycles. The molecule has 0 N–H and O–H groups in total. The summed E-state index contributed by atoms with van der Waals surface area (Å²) in [5.74, 6) is 0.0660. The highest BCUT2D eigenvalue weighted by molar-refractivity contribution is 5.71. The number of hydrogen-bond donors (Lipinski definition) is 0. The van der Waals surface area contributed by atoms with Crippen LogP contribution in [0.25, 0.3) is 0 Å². The second kappa shape index (κ2) is 57.3. The molecule has 0 aliphatic heterocycles. The molecule has 0 heterocycles. The Morgan fingerprint density at radius 2 is 0.507 bits per heavy atom. The van der Waals surface area contributed by atoms with Gasteiger partial charge < -0.3 is 14.2 Å². The minimum atomic E-state index is -0.763. The van der Waals surface area contributed by atoms with E-state index in [-0.39, 0.29) is 31.1 Å². The zero-order chi connectivity index (χ0) is 50.2. The maximum Gasteiger partial charge on any atom is 0.306 e. The van der Waals surface area contributed by atoms with Crippen LogP contribution in [0.2, 0.25) is 0 Å². The summed E-state index contributed by atoms with van der Waals surface area (Å²) in [7, 11) is 0. The first-order chi connectivity index (χ1) is 33.9. The van der Waals surface area contributed by atoms with E-state index in [9.17, 15) is 14.4 Å². The summed E-state index contributed by atoms with van der Waals surface area (Å²) >= 11 is 0. The molecule has 6 nitrogen and oxygen atoms in total. The smallest absolute Gasteiger partial charge is 0.306 e. The van der Waals surface area contributed by atoms with Gasteiger partial charge in [0.2, 0.25) is 0 Å². The molecule has 0 aromatic rings. The standard InChI is InChI=1S/C63H122O6/c1-5-8-10-12-14-16-18-20-22-24-26-31-35-39-43-47-51-55-62(65)68-58-60(57-67-61(64)54-50-46-42-38-34-30-25-23-21-19-17-15-13-11-9-6-2)69-63(66)56-52-48-44-40-36-32-28-27-29-33-37-41-45-49-53-59(4)7-3/h59-60H,5-58H2,1-4H3/t59?,60-/m1/s1. The van der Waals surface area contributed by atoms with Crippen LogP contribution < -0.4 is 0 Å². The average Bonchev–Trinajstić information content (AvgIpc) is 3.35. The molecule has 0 radical (unpaired) electrons. The van der Waals surface area contributed by atoms with Crippen LogP contribution in [0, 0.1) is 5.92 Å². The van der Waals surface area contributed by atoms with Gasteiger partial charge in [-0.3, -0.25) is 14.4 Å². The first-order valence-corrected chi connectivity index (χ1v) is 31.4. The van der Waals surface area contributed by atoms with Gasteiger partial charge >= 0.3 is 17.9 Å². The first-order valence-electron chi connectivity index (χ1n) is 31.4. The average molecular weight is 976 g/mol. The fourth-order valence-electron chi connectivity index (χ4n) is 9.78. The van der Waals surface area contributed by atoms with E-state index in [4.69, 9.17) is 14.2 Å². The van der Waals surface area contributed by atoms with E-state index < -0.39 is 6.10 Å². The molecule has 0 bridgehead atoms. The predicted molar refractivity (Wildman–Crippen MR) is 298 cm³/mol. The van der Waals surface area contributed by atoms with Crippen LogP contribution in [0.4, 0.5) is 0 Å². The molecule has 0 aromatic carbocycles. The number of esters is 3. The summed E-state index contributed by atoms with van der Waals surface area (Å²) in [4.78, 5) is 38.3. The minimum Gasteiger partial charge on any atom is -0.462 e. The van der Waals surface area contributed by atoms with Gasteiger partial charge in [-0.1, -0.05) is 323 Å². The fraction of sp³-hybridized carbons (Fsp3) is 0.952. The lowest BCUT2D eigenvalue weighted by atomic mass is 9.99. The lowest BCUT2D eigenvalue weighted by molar-refractivity contribution is -0.167. The highest BCUT2D eigenvalue weighted by Gasteiger charge is 2.19. The van der Waals surface area contributed by atoms with E-state index in [0.29, 0.717) is 19.3 Å². The zero-order valence-electron chi connectivity index (χ0n) is 47.3. The fourth-order valence-corrected chi connectivity index (χ4v) is 9.78. The predicted octanol–water partition coefficient (Wildman–Crippen LogP) is 21.0. The van der Waals surface area contributed by atoms with E-state index in [0.717, 1.165) is 63.7 Å². The lowest BCUT2D eigenvalue weighted by Gasteiger charge is -2.18. The van der Waals surface area contributed by atoms with Gasteiger partial charge in [-0.25, -0.2) is 0 Å². The van der Waals surface area contributed by atoms with Gasteiger partial charge in [0.25, 0.3) is 0 Å². The van der Waals surface area contributed by atoms with Crippen LogP contribution in [0.5, 0.6) is 0 Å². The Bertz CT molecular complexity index is 1040. The van der Waals surface area contributed by atoms with Crippen molar-refractivity contribution in [2.75, 3.05) is 13.2 Å². The van der Waals surface area contributed by atoms with Gasteiger partial charge in [-0.15, -0.1) is 0 Å². The minimum absolute atomic E-state index is 0.0613. The molecule has 410 valence electrons. The molecule has 0 fully saturated rings. The van der Waals surface area contributed by atoms with E-state index >= 15 is 0 Å². The van der Waals surface area contributed by atoms with Gasteiger partial charge in [-0.2, -0.15) is 0 Å². The molecular weight excluding hydrogens is 853 g/mol. The lowest BCUT2D eigenvalue weighted by Crippen LogP contribution is -2.30. The summed E-state index contributed by atoms with van der Waals surface area (Å²) in [6, 6.07) is 0. The monoisotopic (exact) mass is 975 g/mol. The van der Waals surface area contributed by atoms with E-state index in [2.05, 4.69) is 27.7 Å². The topological polar surface area (TPSA) is 78.9 Å². The second-order valence-electron chi connectivity index (χ2n) is 21.9. The Morgan fingerprint density at radius 1 is 0.290 bits per heavy atom. The Labute approximate surface area is 431 Å². The van der Waals surface area contributed by atoms with E-state index in [1.54, 1.807) is 0 Å². The van der Waals surface area contributed by atoms with E-state index in [1.165, 1.54) is 257 Å². The number of carbonyl (C=O) groups is 3. The van der Waals surface area contributed by atoms with Crippen LogP contribution in [0.3, 0.4) is 0 Å². The van der Waals surface area contributed by atoms with Crippen LogP contribution in [-0.2, 0) is 28.6 Å². The molecule has 0 amide bonds.